The molecular formula is C22H31N5O3. The van der Waals surface area contributed by atoms with Crippen molar-refractivity contribution < 1.29 is 9.47 Å². The molecule has 0 saturated heterocycles. The Morgan fingerprint density at radius 3 is 2.73 bits per heavy atom. The van der Waals surface area contributed by atoms with Gasteiger partial charge in [0.1, 0.15) is 18.1 Å². The topological polar surface area (TPSA) is 117 Å². The molecule has 1 aliphatic heterocycles. The maximum Gasteiger partial charge on any atom is 0.354 e. The molecule has 1 fully saturated rings. The third-order valence-corrected chi connectivity index (χ3v) is 5.55. The van der Waals surface area contributed by atoms with Crippen LogP contribution in [0.15, 0.2) is 53.5 Å². The van der Waals surface area contributed by atoms with Crippen LogP contribution in [-0.2, 0) is 4.74 Å². The van der Waals surface area contributed by atoms with Crippen LogP contribution in [0.3, 0.4) is 0 Å². The van der Waals surface area contributed by atoms with E-state index >= 15 is 0 Å². The monoisotopic (exact) mass is 413 g/mol. The molecule has 0 spiro atoms. The van der Waals surface area contributed by atoms with Crippen molar-refractivity contribution in [3.63, 3.8) is 0 Å². The van der Waals surface area contributed by atoms with Gasteiger partial charge in [0.25, 0.3) is 0 Å². The Bertz CT molecular complexity index is 923. The Balaban J connectivity index is 1.85. The molecule has 3 rings (SSSR count). The summed E-state index contributed by atoms with van der Waals surface area (Å²) in [7, 11) is 0. The molecule has 1 aromatic rings. The lowest BCUT2D eigenvalue weighted by Gasteiger charge is -2.30. The lowest BCUT2D eigenvalue weighted by atomic mass is 9.80. The van der Waals surface area contributed by atoms with Gasteiger partial charge in [-0.3, -0.25) is 4.57 Å². The van der Waals surface area contributed by atoms with E-state index in [0.717, 1.165) is 31.4 Å². The molecule has 1 aromatic heterocycles. The maximum absolute atomic E-state index is 12.7. The minimum absolute atomic E-state index is 0.229. The standard InChI is InChI=1S/C22H31N5O3/c1-4-5-18-20(15(3)29-11-10-23)25-21-19(30-18)13-27(22(28)26-21)14(2)17-8-6-16(12-24)7-9-17/h4-5,13,16-17H,2-3,6-12,23-24H2,1H3,(H,25,26,28)/b5-4-/t16-,17-. The Labute approximate surface area is 176 Å². The van der Waals surface area contributed by atoms with E-state index in [2.05, 4.69) is 23.5 Å². The Kier molecular flexibility index (Phi) is 7.12. The first-order chi connectivity index (χ1) is 14.5. The van der Waals surface area contributed by atoms with Crippen LogP contribution in [0.5, 0.6) is 5.75 Å². The first-order valence-electron chi connectivity index (χ1n) is 10.3. The summed E-state index contributed by atoms with van der Waals surface area (Å²) in [6.45, 7) is 11.4. The number of nitrogens with two attached hydrogens (primary N) is 2. The van der Waals surface area contributed by atoms with Crippen molar-refractivity contribution in [3.8, 4) is 5.75 Å². The number of aromatic nitrogens is 2. The van der Waals surface area contributed by atoms with Crippen molar-refractivity contribution in [2.24, 2.45) is 23.3 Å². The highest BCUT2D eigenvalue weighted by Crippen LogP contribution is 2.36. The number of nitrogens with zero attached hydrogens (tertiary/aromatic N) is 2. The molecule has 1 saturated carbocycles. The molecular weight excluding hydrogens is 382 g/mol. The Hall–Kier alpha value is -2.84. The van der Waals surface area contributed by atoms with Crippen LogP contribution in [0.25, 0.3) is 5.70 Å². The summed E-state index contributed by atoms with van der Waals surface area (Å²) in [6.07, 6.45) is 9.32. The van der Waals surface area contributed by atoms with Crippen LogP contribution < -0.4 is 27.2 Å². The normalized spacial score (nSPS) is 21.0. The van der Waals surface area contributed by atoms with E-state index in [0.29, 0.717) is 54.4 Å². The molecule has 0 amide bonds. The molecule has 5 N–H and O–H groups in total. The average Bonchev–Trinajstić information content (AvgIpc) is 2.76. The smallest absolute Gasteiger partial charge is 0.354 e. The predicted octanol–water partition coefficient (Wildman–Crippen LogP) is 2.56. The highest BCUT2D eigenvalue weighted by Gasteiger charge is 2.27. The second-order valence-corrected chi connectivity index (χ2v) is 7.58. The van der Waals surface area contributed by atoms with Gasteiger partial charge in [-0.25, -0.2) is 4.79 Å². The maximum atomic E-state index is 12.7. The molecule has 8 heteroatoms. The first-order valence-corrected chi connectivity index (χ1v) is 10.3. The van der Waals surface area contributed by atoms with Crippen molar-refractivity contribution >= 4 is 11.5 Å². The average molecular weight is 414 g/mol. The van der Waals surface area contributed by atoms with Crippen molar-refractivity contribution in [1.29, 1.82) is 0 Å². The van der Waals surface area contributed by atoms with E-state index in [4.69, 9.17) is 20.9 Å². The summed E-state index contributed by atoms with van der Waals surface area (Å²) in [4.78, 5) is 16.9. The van der Waals surface area contributed by atoms with Crippen LogP contribution in [0.4, 0.5) is 5.82 Å². The van der Waals surface area contributed by atoms with Crippen LogP contribution in [0.1, 0.15) is 32.6 Å². The highest BCUT2D eigenvalue weighted by atomic mass is 16.5. The van der Waals surface area contributed by atoms with Gasteiger partial charge in [-0.05, 0) is 57.1 Å². The quantitative estimate of drug-likeness (QED) is 0.561. The minimum Gasteiger partial charge on any atom is -0.491 e. The van der Waals surface area contributed by atoms with Gasteiger partial charge in [0.15, 0.2) is 17.3 Å². The molecule has 0 aromatic carbocycles. The van der Waals surface area contributed by atoms with E-state index < -0.39 is 5.69 Å². The fraction of sp³-hybridized carbons (Fsp3) is 0.455. The van der Waals surface area contributed by atoms with E-state index in [1.165, 1.54) is 4.57 Å². The second-order valence-electron chi connectivity index (χ2n) is 7.58. The van der Waals surface area contributed by atoms with Crippen LogP contribution >= 0.6 is 0 Å². The molecule has 0 atom stereocenters. The lowest BCUT2D eigenvalue weighted by Crippen LogP contribution is -2.30. The fourth-order valence-electron chi connectivity index (χ4n) is 3.82. The van der Waals surface area contributed by atoms with E-state index in [1.807, 2.05) is 13.0 Å². The van der Waals surface area contributed by atoms with Gasteiger partial charge < -0.3 is 26.3 Å². The van der Waals surface area contributed by atoms with Gasteiger partial charge in [0, 0.05) is 12.2 Å². The molecule has 2 heterocycles. The van der Waals surface area contributed by atoms with Gasteiger partial charge in [-0.1, -0.05) is 19.2 Å². The molecule has 0 unspecified atom stereocenters. The number of nitrogens with one attached hydrogen (secondary N) is 1. The molecule has 2 aliphatic rings. The largest absolute Gasteiger partial charge is 0.491 e. The highest BCUT2D eigenvalue weighted by molar-refractivity contribution is 5.62. The molecule has 162 valence electrons. The third kappa shape index (κ3) is 4.66. The number of allylic oxidation sites excluding steroid dienone is 3. The van der Waals surface area contributed by atoms with E-state index in [9.17, 15) is 4.79 Å². The van der Waals surface area contributed by atoms with E-state index in [1.54, 1.807) is 12.3 Å². The predicted molar refractivity (Wildman–Crippen MR) is 119 cm³/mol. The van der Waals surface area contributed by atoms with Gasteiger partial charge in [-0.2, -0.15) is 4.98 Å². The molecule has 0 radical (unpaired) electrons. The lowest BCUT2D eigenvalue weighted by molar-refractivity contribution is 0.228. The summed E-state index contributed by atoms with van der Waals surface area (Å²) < 4.78 is 13.0. The van der Waals surface area contributed by atoms with Crippen LogP contribution in [-0.4, -0.2) is 29.2 Å². The zero-order chi connectivity index (χ0) is 21.7. The number of fused-ring (bicyclic) bond motifs is 1. The van der Waals surface area contributed by atoms with Crippen LogP contribution in [0.2, 0.25) is 0 Å². The number of hydrogen-bond donors (Lipinski definition) is 3. The number of anilines is 1. The summed E-state index contributed by atoms with van der Waals surface area (Å²) in [6, 6.07) is 0. The third-order valence-electron chi connectivity index (χ3n) is 5.55. The summed E-state index contributed by atoms with van der Waals surface area (Å²) >= 11 is 0. The summed E-state index contributed by atoms with van der Waals surface area (Å²) in [5.74, 6) is 2.43. The zero-order valence-electron chi connectivity index (χ0n) is 17.5. The number of ether oxygens (including phenoxy) is 2. The summed E-state index contributed by atoms with van der Waals surface area (Å²) in [5, 5.41) is 3.11. The van der Waals surface area contributed by atoms with Gasteiger partial charge in [-0.15, -0.1) is 0 Å². The Morgan fingerprint density at radius 1 is 1.37 bits per heavy atom. The van der Waals surface area contributed by atoms with Gasteiger partial charge in [0.2, 0.25) is 0 Å². The SMILES string of the molecule is C=C(OCCN)C1=C(/C=C\C)Oc2cn(C(=C)[C@H]3CC[C@H](CN)CC3)c(=O)nc2N1. The molecule has 1 aliphatic carbocycles. The van der Waals surface area contributed by atoms with Gasteiger partial charge in [0.05, 0.1) is 6.20 Å². The van der Waals surface area contributed by atoms with Crippen molar-refractivity contribution in [2.75, 3.05) is 25.0 Å². The zero-order valence-corrected chi connectivity index (χ0v) is 17.5. The van der Waals surface area contributed by atoms with Gasteiger partial charge >= 0.3 is 5.69 Å². The second kappa shape index (κ2) is 9.77. The number of hydrogen-bond acceptors (Lipinski definition) is 7. The fourth-order valence-corrected chi connectivity index (χ4v) is 3.82. The molecule has 8 nitrogen and oxygen atoms in total. The summed E-state index contributed by atoms with van der Waals surface area (Å²) in [5.41, 5.74) is 12.1. The molecule has 0 bridgehead atoms. The Morgan fingerprint density at radius 2 is 2.10 bits per heavy atom. The molecule has 30 heavy (non-hydrogen) atoms. The minimum atomic E-state index is -0.405. The van der Waals surface area contributed by atoms with Crippen molar-refractivity contribution in [2.45, 2.75) is 32.6 Å². The van der Waals surface area contributed by atoms with Crippen molar-refractivity contribution in [1.82, 2.24) is 9.55 Å². The number of rotatable bonds is 8. The van der Waals surface area contributed by atoms with Crippen molar-refractivity contribution in [3.05, 3.63) is 59.2 Å². The van der Waals surface area contributed by atoms with E-state index in [-0.39, 0.29) is 5.92 Å². The first kappa shape index (κ1) is 21.9. The van der Waals surface area contributed by atoms with Crippen LogP contribution in [0, 0.1) is 11.8 Å².